The molecule has 6 heavy (non-hydrogen) atoms. The summed E-state index contributed by atoms with van der Waals surface area (Å²) in [6.07, 6.45) is 1.36. The normalized spacial score (nSPS) is 11.2. The van der Waals surface area contributed by atoms with Gasteiger partial charge in [0.15, 0.2) is 0 Å². The molecule has 0 aliphatic carbocycles. The lowest BCUT2D eigenvalue weighted by Gasteiger charge is -1.70. The average Bonchev–Trinajstić information content (AvgIpc) is 1.65. The number of carbonyl (C=O) groups excluding carboxylic acids is 1. The Morgan fingerprint density at radius 2 is 2.50 bits per heavy atom. The minimum atomic E-state index is -0.0324. The molecule has 1 radical (unpaired) electrons. The lowest BCUT2D eigenvalue weighted by molar-refractivity contribution is 0.319. The topological polar surface area (TPSA) is 49.7 Å². The highest BCUT2D eigenvalue weighted by atomic mass is 16.4. The Morgan fingerprint density at radius 3 is 2.50 bits per heavy atom. The number of oxime groups is 1. The molecular formula is C3H4NO2. The number of nitrogens with zero attached hydrogens (tertiary/aromatic N) is 1. The Labute approximate surface area is 35.3 Å². The van der Waals surface area contributed by atoms with Crippen molar-refractivity contribution in [2.24, 2.45) is 5.16 Å². The highest BCUT2D eigenvalue weighted by molar-refractivity contribution is 6.27. The lowest BCUT2D eigenvalue weighted by atomic mass is 10.5. The fourth-order valence-corrected chi connectivity index (χ4v) is 0.0204. The van der Waals surface area contributed by atoms with Gasteiger partial charge in [0, 0.05) is 0 Å². The standard InChI is InChI=1S/C3H4NO2/c1-3(2-5)4-6/h6H,1H3. The van der Waals surface area contributed by atoms with Gasteiger partial charge >= 0.3 is 0 Å². The lowest BCUT2D eigenvalue weighted by Crippen LogP contribution is -1.88. The molecule has 0 rings (SSSR count). The zero-order valence-electron chi connectivity index (χ0n) is 3.30. The van der Waals surface area contributed by atoms with Crippen LogP contribution in [0.3, 0.4) is 0 Å². The Balaban J connectivity index is 3.50. The van der Waals surface area contributed by atoms with E-state index in [9.17, 15) is 4.79 Å². The molecule has 0 aliphatic rings. The van der Waals surface area contributed by atoms with Crippen LogP contribution in [0.5, 0.6) is 0 Å². The van der Waals surface area contributed by atoms with Crippen LogP contribution < -0.4 is 0 Å². The van der Waals surface area contributed by atoms with Gasteiger partial charge in [-0.15, -0.1) is 0 Å². The number of hydrogen-bond donors (Lipinski definition) is 1. The van der Waals surface area contributed by atoms with Crippen molar-refractivity contribution in [3.63, 3.8) is 0 Å². The van der Waals surface area contributed by atoms with Crippen molar-refractivity contribution in [2.75, 3.05) is 0 Å². The van der Waals surface area contributed by atoms with Gasteiger partial charge in [0.1, 0.15) is 5.71 Å². The van der Waals surface area contributed by atoms with Gasteiger partial charge in [0.25, 0.3) is 6.29 Å². The first-order valence-electron chi connectivity index (χ1n) is 1.38. The van der Waals surface area contributed by atoms with Crippen molar-refractivity contribution in [3.05, 3.63) is 0 Å². The van der Waals surface area contributed by atoms with E-state index in [0.29, 0.717) is 0 Å². The second-order valence-corrected chi connectivity index (χ2v) is 0.787. The molecule has 3 heteroatoms. The van der Waals surface area contributed by atoms with Crippen molar-refractivity contribution < 1.29 is 10.0 Å². The Bertz CT molecular complexity index is 76.9. The van der Waals surface area contributed by atoms with Crippen LogP contribution in [0.25, 0.3) is 0 Å². The largest absolute Gasteiger partial charge is 0.411 e. The van der Waals surface area contributed by atoms with Crippen LogP contribution in [0.15, 0.2) is 5.16 Å². The van der Waals surface area contributed by atoms with E-state index in [2.05, 4.69) is 5.16 Å². The third-order valence-corrected chi connectivity index (χ3v) is 0.298. The third-order valence-electron chi connectivity index (χ3n) is 0.298. The molecule has 33 valence electrons. The maximum atomic E-state index is 9.32. The van der Waals surface area contributed by atoms with E-state index in [0.717, 1.165) is 0 Å². The molecule has 0 amide bonds. The molecular weight excluding hydrogens is 82.0 g/mol. The molecule has 0 saturated carbocycles. The van der Waals surface area contributed by atoms with Crippen molar-refractivity contribution in [1.82, 2.24) is 0 Å². The Morgan fingerprint density at radius 1 is 2.00 bits per heavy atom. The number of rotatable bonds is 1. The zero-order chi connectivity index (χ0) is 4.99. The zero-order valence-corrected chi connectivity index (χ0v) is 3.30. The maximum Gasteiger partial charge on any atom is 0.252 e. The highest BCUT2D eigenvalue weighted by Crippen LogP contribution is 1.60. The predicted molar refractivity (Wildman–Crippen MR) is 20.6 cm³/mol. The summed E-state index contributed by atoms with van der Waals surface area (Å²) in [7, 11) is 0. The Kier molecular flexibility index (Phi) is 2.04. The smallest absolute Gasteiger partial charge is 0.252 e. The van der Waals surface area contributed by atoms with E-state index in [1.54, 1.807) is 0 Å². The van der Waals surface area contributed by atoms with Crippen molar-refractivity contribution in [2.45, 2.75) is 6.92 Å². The first-order chi connectivity index (χ1) is 2.81. The molecule has 3 nitrogen and oxygen atoms in total. The third kappa shape index (κ3) is 1.46. The van der Waals surface area contributed by atoms with Gasteiger partial charge in [0.2, 0.25) is 0 Å². The van der Waals surface area contributed by atoms with E-state index in [1.807, 2.05) is 0 Å². The van der Waals surface area contributed by atoms with Crippen LogP contribution >= 0.6 is 0 Å². The summed E-state index contributed by atoms with van der Waals surface area (Å²) in [4.78, 5) is 9.32. The van der Waals surface area contributed by atoms with Gasteiger partial charge in [0.05, 0.1) is 0 Å². The van der Waals surface area contributed by atoms with E-state index in [-0.39, 0.29) is 5.71 Å². The first-order valence-corrected chi connectivity index (χ1v) is 1.38. The monoisotopic (exact) mass is 86.0 g/mol. The summed E-state index contributed by atoms with van der Waals surface area (Å²) in [6.45, 7) is 1.35. The molecule has 0 heterocycles. The molecule has 0 atom stereocenters. The van der Waals surface area contributed by atoms with Crippen molar-refractivity contribution in [1.29, 1.82) is 0 Å². The summed E-state index contributed by atoms with van der Waals surface area (Å²) >= 11 is 0. The van der Waals surface area contributed by atoms with Crippen LogP contribution in [0, 0.1) is 0 Å². The van der Waals surface area contributed by atoms with Gasteiger partial charge in [-0.25, -0.2) is 0 Å². The van der Waals surface area contributed by atoms with Crippen molar-refractivity contribution in [3.8, 4) is 0 Å². The molecule has 0 unspecified atom stereocenters. The second-order valence-electron chi connectivity index (χ2n) is 0.787. The minimum absolute atomic E-state index is 0.0324. The molecule has 0 bridgehead atoms. The van der Waals surface area contributed by atoms with Gasteiger partial charge in [-0.2, -0.15) is 0 Å². The van der Waals surface area contributed by atoms with Crippen LogP contribution in [0.4, 0.5) is 0 Å². The molecule has 0 saturated heterocycles. The molecule has 1 N–H and O–H groups in total. The van der Waals surface area contributed by atoms with Crippen LogP contribution in [0.1, 0.15) is 6.92 Å². The van der Waals surface area contributed by atoms with Crippen LogP contribution in [-0.4, -0.2) is 17.2 Å². The molecule has 0 aromatic heterocycles. The summed E-state index contributed by atoms with van der Waals surface area (Å²) in [5, 5.41) is 10.2. The first kappa shape index (κ1) is 5.14. The van der Waals surface area contributed by atoms with Gasteiger partial charge in [-0.05, 0) is 6.92 Å². The molecule has 0 aromatic rings. The van der Waals surface area contributed by atoms with Gasteiger partial charge in [-0.1, -0.05) is 5.16 Å². The maximum absolute atomic E-state index is 9.32. The molecule has 0 aliphatic heterocycles. The Hall–Kier alpha value is -0.860. The van der Waals surface area contributed by atoms with E-state index in [4.69, 9.17) is 5.21 Å². The van der Waals surface area contributed by atoms with Crippen LogP contribution in [0.2, 0.25) is 0 Å². The predicted octanol–water partition coefficient (Wildman–Crippen LogP) is -0.0538. The fourth-order valence-electron chi connectivity index (χ4n) is 0.0204. The average molecular weight is 86.1 g/mol. The SMILES string of the molecule is CC([C]=O)=NO. The van der Waals surface area contributed by atoms with E-state index < -0.39 is 0 Å². The summed E-state index contributed by atoms with van der Waals surface area (Å²) in [5.41, 5.74) is -0.0324. The van der Waals surface area contributed by atoms with Crippen LogP contribution in [-0.2, 0) is 4.79 Å². The van der Waals surface area contributed by atoms with E-state index in [1.165, 1.54) is 13.2 Å². The van der Waals surface area contributed by atoms with Gasteiger partial charge in [-0.3, -0.25) is 4.79 Å². The summed E-state index contributed by atoms with van der Waals surface area (Å²) in [6, 6.07) is 0. The molecule has 0 aromatic carbocycles. The molecule has 0 spiro atoms. The summed E-state index contributed by atoms with van der Waals surface area (Å²) in [5.74, 6) is 0. The second kappa shape index (κ2) is 2.38. The van der Waals surface area contributed by atoms with Gasteiger partial charge < -0.3 is 5.21 Å². The molecule has 0 fully saturated rings. The van der Waals surface area contributed by atoms with E-state index >= 15 is 0 Å². The highest BCUT2D eigenvalue weighted by Gasteiger charge is 1.80. The quantitative estimate of drug-likeness (QED) is 0.276. The summed E-state index contributed by atoms with van der Waals surface area (Å²) < 4.78 is 0. The fraction of sp³-hybridized carbons (Fsp3) is 0.333. The van der Waals surface area contributed by atoms with Crippen molar-refractivity contribution >= 4 is 12.0 Å². The minimum Gasteiger partial charge on any atom is -0.411 e. The number of hydrogen-bond acceptors (Lipinski definition) is 3.